The number of aromatic nitrogens is 2. The molecule has 150 valence electrons. The van der Waals surface area contributed by atoms with Crippen LogP contribution in [0, 0.1) is 6.92 Å². The Morgan fingerprint density at radius 3 is 2.41 bits per heavy atom. The van der Waals surface area contributed by atoms with Crippen molar-refractivity contribution in [2.75, 3.05) is 26.2 Å². The molecule has 8 nitrogen and oxygen atoms in total. The molecule has 1 aliphatic heterocycles. The van der Waals surface area contributed by atoms with Gasteiger partial charge < -0.3 is 18.6 Å². The first-order valence-corrected chi connectivity index (χ1v) is 9.60. The number of benzene rings is 1. The van der Waals surface area contributed by atoms with E-state index in [9.17, 15) is 9.59 Å². The Morgan fingerprint density at radius 2 is 1.72 bits per heavy atom. The number of carbonyl (C=O) groups excluding carboxylic acids is 2. The molecule has 3 heterocycles. The van der Waals surface area contributed by atoms with Crippen LogP contribution in [0.3, 0.4) is 0 Å². The van der Waals surface area contributed by atoms with Crippen LogP contribution in [0.1, 0.15) is 28.4 Å². The molecule has 0 saturated carbocycles. The van der Waals surface area contributed by atoms with E-state index in [0.29, 0.717) is 56.6 Å². The summed E-state index contributed by atoms with van der Waals surface area (Å²) in [5.41, 5.74) is 2.02. The number of piperazine rings is 1. The van der Waals surface area contributed by atoms with Crippen LogP contribution in [0.25, 0.3) is 11.5 Å². The van der Waals surface area contributed by atoms with Crippen molar-refractivity contribution in [3.63, 3.8) is 0 Å². The molecule has 0 unspecified atom stereocenters. The summed E-state index contributed by atoms with van der Waals surface area (Å²) >= 11 is 0. The lowest BCUT2D eigenvalue weighted by Crippen LogP contribution is -2.50. The molecule has 0 atom stereocenters. The summed E-state index contributed by atoms with van der Waals surface area (Å²) in [5.74, 6) is 1.10. The van der Waals surface area contributed by atoms with Crippen molar-refractivity contribution < 1.29 is 18.4 Å². The van der Waals surface area contributed by atoms with Gasteiger partial charge in [-0.05, 0) is 31.2 Å². The quantitative estimate of drug-likeness (QED) is 0.660. The van der Waals surface area contributed by atoms with E-state index in [-0.39, 0.29) is 11.8 Å². The predicted octanol–water partition coefficient (Wildman–Crippen LogP) is 2.56. The molecule has 2 amide bonds. The first-order chi connectivity index (χ1) is 14.1. The largest absolute Gasteiger partial charge is 0.459 e. The zero-order valence-corrected chi connectivity index (χ0v) is 16.2. The average molecular weight is 394 g/mol. The minimum atomic E-state index is -0.142. The van der Waals surface area contributed by atoms with Crippen molar-refractivity contribution in [1.82, 2.24) is 20.0 Å². The van der Waals surface area contributed by atoms with Crippen LogP contribution < -0.4 is 0 Å². The van der Waals surface area contributed by atoms with E-state index in [4.69, 9.17) is 8.83 Å². The van der Waals surface area contributed by atoms with Crippen molar-refractivity contribution in [3.8, 4) is 11.5 Å². The third-order valence-electron chi connectivity index (χ3n) is 4.97. The highest BCUT2D eigenvalue weighted by molar-refractivity contribution is 5.91. The van der Waals surface area contributed by atoms with E-state index < -0.39 is 0 Å². The number of nitrogens with zero attached hydrogens (tertiary/aromatic N) is 4. The number of hydrogen-bond acceptors (Lipinski definition) is 6. The SMILES string of the molecule is Cc1ccc(-c2nnc(CCC(=O)N3CCN(C(=O)c4ccco4)CC3)o2)cc1. The molecule has 1 saturated heterocycles. The van der Waals surface area contributed by atoms with E-state index in [0.717, 1.165) is 11.1 Å². The van der Waals surface area contributed by atoms with Gasteiger partial charge in [-0.3, -0.25) is 9.59 Å². The molecule has 0 aliphatic carbocycles. The molecule has 1 aromatic carbocycles. The lowest BCUT2D eigenvalue weighted by atomic mass is 10.1. The first kappa shape index (κ1) is 18.9. The van der Waals surface area contributed by atoms with Gasteiger partial charge in [-0.25, -0.2) is 0 Å². The fourth-order valence-corrected chi connectivity index (χ4v) is 3.25. The Hall–Kier alpha value is -3.42. The molecule has 0 spiro atoms. The molecular formula is C21H22N4O4. The van der Waals surface area contributed by atoms with Crippen LogP contribution in [0.15, 0.2) is 51.5 Å². The van der Waals surface area contributed by atoms with E-state index >= 15 is 0 Å². The third kappa shape index (κ3) is 4.37. The zero-order valence-electron chi connectivity index (χ0n) is 16.2. The second-order valence-electron chi connectivity index (χ2n) is 7.02. The zero-order chi connectivity index (χ0) is 20.2. The van der Waals surface area contributed by atoms with Crippen molar-refractivity contribution >= 4 is 11.8 Å². The molecule has 0 bridgehead atoms. The molecule has 8 heteroatoms. The second kappa shape index (κ2) is 8.30. The summed E-state index contributed by atoms with van der Waals surface area (Å²) < 4.78 is 10.8. The highest BCUT2D eigenvalue weighted by Crippen LogP contribution is 2.19. The van der Waals surface area contributed by atoms with Crippen LogP contribution in [0.4, 0.5) is 0 Å². The summed E-state index contributed by atoms with van der Waals surface area (Å²) in [6, 6.07) is 11.2. The monoisotopic (exact) mass is 394 g/mol. The number of furan rings is 1. The highest BCUT2D eigenvalue weighted by atomic mass is 16.4. The number of amides is 2. The van der Waals surface area contributed by atoms with Crippen LogP contribution in [-0.4, -0.2) is 58.0 Å². The fraction of sp³-hybridized carbons (Fsp3) is 0.333. The van der Waals surface area contributed by atoms with Gasteiger partial charge in [0, 0.05) is 44.6 Å². The standard InChI is InChI=1S/C21H22N4O4/c1-15-4-6-16(7-5-15)20-23-22-18(29-20)8-9-19(26)24-10-12-25(13-11-24)21(27)17-3-2-14-28-17/h2-7,14H,8-13H2,1H3. The van der Waals surface area contributed by atoms with Crippen molar-refractivity contribution in [1.29, 1.82) is 0 Å². The minimum Gasteiger partial charge on any atom is -0.459 e. The van der Waals surface area contributed by atoms with Crippen LogP contribution >= 0.6 is 0 Å². The maximum atomic E-state index is 12.5. The predicted molar refractivity (Wildman–Crippen MR) is 104 cm³/mol. The van der Waals surface area contributed by atoms with Gasteiger partial charge in [-0.1, -0.05) is 17.7 Å². The summed E-state index contributed by atoms with van der Waals surface area (Å²) in [6.07, 6.45) is 2.17. The molecule has 0 radical (unpaired) electrons. The maximum Gasteiger partial charge on any atom is 0.289 e. The van der Waals surface area contributed by atoms with Gasteiger partial charge in [0.25, 0.3) is 5.91 Å². The average Bonchev–Trinajstić information content (AvgIpc) is 3.44. The Balaban J connectivity index is 1.26. The summed E-state index contributed by atoms with van der Waals surface area (Å²) in [7, 11) is 0. The van der Waals surface area contributed by atoms with Crippen molar-refractivity contribution in [2.24, 2.45) is 0 Å². The van der Waals surface area contributed by atoms with E-state index in [1.165, 1.54) is 6.26 Å². The maximum absolute atomic E-state index is 12.5. The smallest absolute Gasteiger partial charge is 0.289 e. The van der Waals surface area contributed by atoms with E-state index in [1.807, 2.05) is 31.2 Å². The number of aryl methyl sites for hydroxylation is 2. The summed E-state index contributed by atoms with van der Waals surface area (Å²) in [6.45, 7) is 4.00. The number of hydrogen-bond donors (Lipinski definition) is 0. The van der Waals surface area contributed by atoms with Gasteiger partial charge in [0.05, 0.1) is 6.26 Å². The van der Waals surface area contributed by atoms with Gasteiger partial charge in [0.1, 0.15) is 0 Å². The van der Waals surface area contributed by atoms with Gasteiger partial charge in [-0.2, -0.15) is 0 Å². The van der Waals surface area contributed by atoms with E-state index in [2.05, 4.69) is 10.2 Å². The van der Waals surface area contributed by atoms with Crippen molar-refractivity contribution in [2.45, 2.75) is 19.8 Å². The molecule has 1 aliphatic rings. The Labute approximate surface area is 168 Å². The number of rotatable bonds is 5. The molecular weight excluding hydrogens is 372 g/mol. The van der Waals surface area contributed by atoms with Gasteiger partial charge in [0.15, 0.2) is 5.76 Å². The molecule has 3 aromatic rings. The molecule has 4 rings (SSSR count). The molecule has 2 aromatic heterocycles. The third-order valence-corrected chi connectivity index (χ3v) is 4.97. The van der Waals surface area contributed by atoms with Gasteiger partial charge in [0.2, 0.25) is 17.7 Å². The fourth-order valence-electron chi connectivity index (χ4n) is 3.25. The lowest BCUT2D eigenvalue weighted by Gasteiger charge is -2.34. The minimum absolute atomic E-state index is 0.0187. The Bertz CT molecular complexity index is 971. The number of carbonyl (C=O) groups is 2. The highest BCUT2D eigenvalue weighted by Gasteiger charge is 2.26. The topological polar surface area (TPSA) is 92.7 Å². The second-order valence-corrected chi connectivity index (χ2v) is 7.02. The Morgan fingerprint density at radius 1 is 1.00 bits per heavy atom. The summed E-state index contributed by atoms with van der Waals surface area (Å²) in [5, 5.41) is 8.11. The van der Waals surface area contributed by atoms with Crippen LogP contribution in [0.2, 0.25) is 0 Å². The van der Waals surface area contributed by atoms with Crippen LogP contribution in [0.5, 0.6) is 0 Å². The Kier molecular flexibility index (Phi) is 5.41. The van der Waals surface area contributed by atoms with Crippen molar-refractivity contribution in [3.05, 3.63) is 59.9 Å². The van der Waals surface area contributed by atoms with Gasteiger partial charge in [-0.15, -0.1) is 10.2 Å². The summed E-state index contributed by atoms with van der Waals surface area (Å²) in [4.78, 5) is 28.3. The lowest BCUT2D eigenvalue weighted by molar-refractivity contribution is -0.132. The molecule has 0 N–H and O–H groups in total. The van der Waals surface area contributed by atoms with Crippen LogP contribution in [-0.2, 0) is 11.2 Å². The van der Waals surface area contributed by atoms with E-state index in [1.54, 1.807) is 21.9 Å². The first-order valence-electron chi connectivity index (χ1n) is 9.60. The molecule has 1 fully saturated rings. The molecule has 29 heavy (non-hydrogen) atoms. The van der Waals surface area contributed by atoms with Gasteiger partial charge >= 0.3 is 0 Å². The normalized spacial score (nSPS) is 14.2.